The molecule has 2 heteroatoms. The largest absolute Gasteiger partial charge is 0.0622 e. The number of benzene rings is 6. The second-order valence-electron chi connectivity index (χ2n) is 8.68. The Hall–Kier alpha value is -3.43. The van der Waals surface area contributed by atoms with E-state index in [1.54, 1.807) is 0 Å². The van der Waals surface area contributed by atoms with Crippen molar-refractivity contribution in [2.75, 3.05) is 0 Å². The molecular weight excluding hydrogens is 585 g/mol. The van der Waals surface area contributed by atoms with Gasteiger partial charge in [-0.2, -0.15) is 0 Å². The molecule has 0 aliphatic heterocycles. The molecule has 0 saturated heterocycles. The molecule has 0 heterocycles. The van der Waals surface area contributed by atoms with Gasteiger partial charge in [-0.15, -0.1) is 0 Å². The topological polar surface area (TPSA) is 0 Å². The van der Waals surface area contributed by atoms with Crippen molar-refractivity contribution in [3.63, 3.8) is 0 Å². The first-order valence-electron chi connectivity index (χ1n) is 12.8. The summed E-state index contributed by atoms with van der Waals surface area (Å²) >= 11 is -1.83. The van der Waals surface area contributed by atoms with Gasteiger partial charge < -0.3 is 0 Å². The van der Waals surface area contributed by atoms with Gasteiger partial charge in [-0.05, 0) is 23.8 Å². The Balaban J connectivity index is 0.000000155. The van der Waals surface area contributed by atoms with Crippen LogP contribution in [0.5, 0.6) is 0 Å². The Morgan fingerprint density at radius 3 is 0.711 bits per heavy atom. The monoisotopic (exact) mass is 614 g/mol. The summed E-state index contributed by atoms with van der Waals surface area (Å²) in [5.41, 5.74) is 0. The molecule has 0 N–H and O–H groups in total. The second-order valence-corrected chi connectivity index (χ2v) is 17.2. The minimum atomic E-state index is -1.83. The zero-order chi connectivity index (χ0) is 25.8. The van der Waals surface area contributed by atoms with Crippen molar-refractivity contribution in [1.82, 2.24) is 0 Å². The number of hydrogen-bond donors (Lipinski definition) is 0. The van der Waals surface area contributed by atoms with Gasteiger partial charge in [0.25, 0.3) is 0 Å². The minimum absolute atomic E-state index is 0.446. The molecule has 6 rings (SSSR count). The summed E-state index contributed by atoms with van der Waals surface area (Å²) in [5.74, 6) is 0. The maximum atomic E-state index is 2.28. The molecule has 0 bridgehead atoms. The average molecular weight is 615 g/mol. The van der Waals surface area contributed by atoms with Crippen LogP contribution < -0.4 is 26.4 Å². The van der Waals surface area contributed by atoms with Crippen molar-refractivity contribution < 1.29 is 0 Å². The molecule has 0 amide bonds. The summed E-state index contributed by atoms with van der Waals surface area (Å²) in [4.78, 5) is 0. The molecule has 0 radical (unpaired) electrons. The van der Waals surface area contributed by atoms with Gasteiger partial charge in [0.15, 0.2) is 0 Å². The van der Waals surface area contributed by atoms with Crippen LogP contribution in [-0.4, -0.2) is 20.2 Å². The summed E-state index contributed by atoms with van der Waals surface area (Å²) in [6.45, 7) is 0. The fourth-order valence-electron chi connectivity index (χ4n) is 4.36. The number of rotatable bonds is 6. The van der Waals surface area contributed by atoms with Gasteiger partial charge in [-0.1, -0.05) is 91.0 Å². The van der Waals surface area contributed by atoms with Crippen LogP contribution in [0, 0.1) is 0 Å². The molecule has 0 atom stereocenters. The van der Waals surface area contributed by atoms with E-state index in [-0.39, 0.29) is 0 Å². The van der Waals surface area contributed by atoms with E-state index in [9.17, 15) is 0 Å². The molecule has 0 nitrogen and oxygen atoms in total. The molecular formula is C36H30PSb. The fourth-order valence-corrected chi connectivity index (χ4v) is 13.2. The molecule has 0 aliphatic rings. The summed E-state index contributed by atoms with van der Waals surface area (Å²) < 4.78 is 4.55. The van der Waals surface area contributed by atoms with E-state index in [0.29, 0.717) is 0 Å². The van der Waals surface area contributed by atoms with E-state index in [1.165, 1.54) is 26.4 Å². The van der Waals surface area contributed by atoms with Gasteiger partial charge in [0.05, 0.1) is 0 Å². The zero-order valence-electron chi connectivity index (χ0n) is 21.2. The molecule has 0 aliphatic carbocycles. The Morgan fingerprint density at radius 2 is 0.474 bits per heavy atom. The predicted molar refractivity (Wildman–Crippen MR) is 169 cm³/mol. The van der Waals surface area contributed by atoms with E-state index in [1.807, 2.05) is 0 Å². The maximum absolute atomic E-state index is 2.28. The maximum Gasteiger partial charge on any atom is -0.0134 e. The zero-order valence-corrected chi connectivity index (χ0v) is 24.7. The molecule has 0 fully saturated rings. The van der Waals surface area contributed by atoms with Crippen LogP contribution in [0.25, 0.3) is 0 Å². The number of hydrogen-bond acceptors (Lipinski definition) is 0. The third-order valence-electron chi connectivity index (χ3n) is 6.09. The Bertz CT molecular complexity index is 1170. The van der Waals surface area contributed by atoms with Crippen molar-refractivity contribution >= 4 is 54.6 Å². The van der Waals surface area contributed by atoms with E-state index in [2.05, 4.69) is 182 Å². The smallest absolute Gasteiger partial charge is 0.0134 e. The van der Waals surface area contributed by atoms with E-state index >= 15 is 0 Å². The summed E-state index contributed by atoms with van der Waals surface area (Å²) in [6.07, 6.45) is 0. The summed E-state index contributed by atoms with van der Waals surface area (Å²) in [7, 11) is -0.446. The molecule has 0 spiro atoms. The minimum Gasteiger partial charge on any atom is -0.0622 e. The normalized spacial score (nSPS) is 10.6. The molecule has 184 valence electrons. The van der Waals surface area contributed by atoms with Crippen molar-refractivity contribution in [2.24, 2.45) is 0 Å². The predicted octanol–water partition coefficient (Wildman–Crippen LogP) is 5.65. The van der Waals surface area contributed by atoms with Gasteiger partial charge in [0, 0.05) is 0 Å². The Morgan fingerprint density at radius 1 is 0.263 bits per heavy atom. The summed E-state index contributed by atoms with van der Waals surface area (Å²) in [6, 6.07) is 65.2. The molecule has 0 aromatic heterocycles. The molecule has 6 aromatic rings. The first-order valence-corrected chi connectivity index (χ1v) is 18.0. The molecule has 0 unspecified atom stereocenters. The SMILES string of the molecule is c1cc[c]([Sb]([c]2ccccc2)[c]2ccccc2)cc1.c1ccc(P(c2ccccc2)c2ccccc2)cc1. The van der Waals surface area contributed by atoms with Crippen LogP contribution >= 0.6 is 7.92 Å². The van der Waals surface area contributed by atoms with Gasteiger partial charge in [-0.25, -0.2) is 0 Å². The van der Waals surface area contributed by atoms with Gasteiger partial charge >= 0.3 is 122 Å². The third-order valence-corrected chi connectivity index (χ3v) is 15.5. The van der Waals surface area contributed by atoms with E-state index in [0.717, 1.165) is 0 Å². The van der Waals surface area contributed by atoms with E-state index in [4.69, 9.17) is 0 Å². The van der Waals surface area contributed by atoms with Crippen molar-refractivity contribution in [3.05, 3.63) is 182 Å². The molecule has 0 saturated carbocycles. The van der Waals surface area contributed by atoms with Crippen LogP contribution in [0.4, 0.5) is 0 Å². The van der Waals surface area contributed by atoms with Crippen LogP contribution in [-0.2, 0) is 0 Å². The quantitative estimate of drug-likeness (QED) is 0.168. The van der Waals surface area contributed by atoms with E-state index < -0.39 is 28.1 Å². The van der Waals surface area contributed by atoms with Gasteiger partial charge in [0.2, 0.25) is 0 Å². The standard InChI is InChI=1S/C18H15P.3C6H5.Sb/c1-4-10-16(11-5-1)19(17-12-6-2-7-13-17)18-14-8-3-9-15-18;3*1-2-4-6-5-3-1;/h1-15H;3*1-5H;. The second kappa shape index (κ2) is 13.9. The van der Waals surface area contributed by atoms with Crippen LogP contribution in [0.1, 0.15) is 0 Å². The Labute approximate surface area is 235 Å². The average Bonchev–Trinajstić information content (AvgIpc) is 3.01. The van der Waals surface area contributed by atoms with Crippen LogP contribution in [0.2, 0.25) is 0 Å². The first kappa shape index (κ1) is 26.2. The Kier molecular flexibility index (Phi) is 9.60. The van der Waals surface area contributed by atoms with Crippen LogP contribution in [0.15, 0.2) is 182 Å². The summed E-state index contributed by atoms with van der Waals surface area (Å²) in [5, 5.41) is 4.19. The van der Waals surface area contributed by atoms with Crippen LogP contribution in [0.3, 0.4) is 0 Å². The molecule has 6 aromatic carbocycles. The third kappa shape index (κ3) is 6.90. The van der Waals surface area contributed by atoms with Crippen molar-refractivity contribution in [2.45, 2.75) is 0 Å². The fraction of sp³-hybridized carbons (Fsp3) is 0. The van der Waals surface area contributed by atoms with Crippen molar-refractivity contribution in [3.8, 4) is 0 Å². The van der Waals surface area contributed by atoms with Gasteiger partial charge in [0.1, 0.15) is 0 Å². The van der Waals surface area contributed by atoms with Gasteiger partial charge in [-0.3, -0.25) is 0 Å². The molecule has 38 heavy (non-hydrogen) atoms. The first-order chi connectivity index (χ1) is 18.9. The van der Waals surface area contributed by atoms with Crippen molar-refractivity contribution in [1.29, 1.82) is 0 Å².